The van der Waals surface area contributed by atoms with Crippen LogP contribution in [0.1, 0.15) is 21.5 Å². The van der Waals surface area contributed by atoms with Crippen LogP contribution in [0.3, 0.4) is 0 Å². The minimum absolute atomic E-state index is 0.209. The van der Waals surface area contributed by atoms with Crippen LogP contribution >= 0.6 is 0 Å². The minimum atomic E-state index is 0.209. The van der Waals surface area contributed by atoms with Crippen molar-refractivity contribution in [2.75, 3.05) is 13.7 Å². The van der Waals surface area contributed by atoms with Gasteiger partial charge in [0.25, 0.3) is 0 Å². The number of rotatable bonds is 6. The first-order valence-corrected chi connectivity index (χ1v) is 6.55. The van der Waals surface area contributed by atoms with Gasteiger partial charge in [-0.15, -0.1) is 0 Å². The highest BCUT2D eigenvalue weighted by Crippen LogP contribution is 2.13. The van der Waals surface area contributed by atoms with E-state index in [4.69, 9.17) is 14.8 Å². The second-order valence-corrected chi connectivity index (χ2v) is 4.39. The van der Waals surface area contributed by atoms with Crippen LogP contribution in [0, 0.1) is 11.3 Å². The third kappa shape index (κ3) is 3.93. The van der Waals surface area contributed by atoms with Crippen molar-refractivity contribution in [2.45, 2.75) is 0 Å². The number of aldehydes is 1. The van der Waals surface area contributed by atoms with Gasteiger partial charge in [0.2, 0.25) is 0 Å². The smallest absolute Gasteiger partial charge is 0.150 e. The fourth-order valence-corrected chi connectivity index (χ4v) is 1.80. The van der Waals surface area contributed by atoms with Crippen molar-refractivity contribution in [1.29, 1.82) is 5.26 Å². The molecule has 0 spiro atoms. The molecule has 0 atom stereocenters. The van der Waals surface area contributed by atoms with E-state index < -0.39 is 0 Å². The minimum Gasteiger partial charge on any atom is -0.487 e. The molecule has 2 aromatic carbocycles. The maximum atomic E-state index is 10.6. The van der Waals surface area contributed by atoms with Crippen LogP contribution in [0.15, 0.2) is 53.7 Å². The Hall–Kier alpha value is -3.13. The third-order valence-electron chi connectivity index (χ3n) is 2.94. The van der Waals surface area contributed by atoms with Gasteiger partial charge in [-0.1, -0.05) is 17.3 Å². The third-order valence-corrected chi connectivity index (χ3v) is 2.94. The van der Waals surface area contributed by atoms with Gasteiger partial charge < -0.3 is 9.57 Å². The summed E-state index contributed by atoms with van der Waals surface area (Å²) in [5.41, 5.74) is 2.58. The molecule has 0 fully saturated rings. The molecule has 0 aliphatic heterocycles. The number of nitriles is 1. The molecule has 0 radical (unpaired) electrons. The number of nitrogens with zero attached hydrogens (tertiary/aromatic N) is 2. The molecule has 22 heavy (non-hydrogen) atoms. The number of oxime groups is 1. The zero-order chi connectivity index (χ0) is 15.8. The summed E-state index contributed by atoms with van der Waals surface area (Å²) >= 11 is 0. The molecule has 0 saturated heterocycles. The second kappa shape index (κ2) is 7.60. The molecule has 0 saturated carbocycles. The predicted molar refractivity (Wildman–Crippen MR) is 82.0 cm³/mol. The number of carbonyl (C=O) groups is 1. The number of hydrogen-bond acceptors (Lipinski definition) is 5. The van der Waals surface area contributed by atoms with E-state index in [1.54, 1.807) is 48.5 Å². The first kappa shape index (κ1) is 15.3. The molecular weight excluding hydrogens is 280 g/mol. The quantitative estimate of drug-likeness (QED) is 0.466. The molecule has 5 nitrogen and oxygen atoms in total. The Morgan fingerprint density at radius 2 is 1.86 bits per heavy atom. The highest BCUT2D eigenvalue weighted by Gasteiger charge is 2.06. The predicted octanol–water partition coefficient (Wildman–Crippen LogP) is 2.80. The van der Waals surface area contributed by atoms with Gasteiger partial charge in [-0.3, -0.25) is 4.79 Å². The van der Waals surface area contributed by atoms with Gasteiger partial charge in [0.1, 0.15) is 31.5 Å². The average Bonchev–Trinajstić information content (AvgIpc) is 2.59. The molecule has 0 amide bonds. The van der Waals surface area contributed by atoms with Crippen molar-refractivity contribution >= 4 is 12.0 Å². The Kier molecular flexibility index (Phi) is 5.27. The number of benzene rings is 2. The van der Waals surface area contributed by atoms with Crippen molar-refractivity contribution in [3.05, 3.63) is 65.2 Å². The number of ether oxygens (including phenoxy) is 1. The van der Waals surface area contributed by atoms with Gasteiger partial charge in [0.05, 0.1) is 11.6 Å². The van der Waals surface area contributed by atoms with Gasteiger partial charge in [-0.25, -0.2) is 0 Å². The molecule has 0 aliphatic carbocycles. The molecule has 110 valence electrons. The standard InChI is InChI=1S/C17H14N2O3/c1-21-19-17(15-6-2-13(10-18)3-7-15)12-22-16-8-4-14(11-20)5-9-16/h2-9,11H,12H2,1H3. The molecule has 0 aliphatic rings. The summed E-state index contributed by atoms with van der Waals surface area (Å²) in [5.74, 6) is 0.628. The summed E-state index contributed by atoms with van der Waals surface area (Å²) in [4.78, 5) is 15.4. The zero-order valence-corrected chi connectivity index (χ0v) is 12.0. The lowest BCUT2D eigenvalue weighted by Gasteiger charge is -2.09. The second-order valence-electron chi connectivity index (χ2n) is 4.39. The maximum absolute atomic E-state index is 10.6. The Bertz CT molecular complexity index is 698. The number of carbonyl (C=O) groups excluding carboxylic acids is 1. The Labute approximate surface area is 128 Å². The summed E-state index contributed by atoms with van der Waals surface area (Å²) in [5, 5.41) is 12.8. The Morgan fingerprint density at radius 1 is 1.18 bits per heavy atom. The molecule has 0 aromatic heterocycles. The van der Waals surface area contributed by atoms with Gasteiger partial charge in [0.15, 0.2) is 0 Å². The van der Waals surface area contributed by atoms with Crippen molar-refractivity contribution < 1.29 is 14.4 Å². The van der Waals surface area contributed by atoms with Crippen LogP contribution in [0.5, 0.6) is 5.75 Å². The summed E-state index contributed by atoms with van der Waals surface area (Å²) in [6, 6.07) is 15.8. The van der Waals surface area contributed by atoms with Crippen molar-refractivity contribution in [3.8, 4) is 11.8 Å². The highest BCUT2D eigenvalue weighted by molar-refractivity contribution is 6.01. The largest absolute Gasteiger partial charge is 0.487 e. The average molecular weight is 294 g/mol. The lowest BCUT2D eigenvalue weighted by Crippen LogP contribution is -2.13. The lowest BCUT2D eigenvalue weighted by molar-refractivity contribution is 0.112. The highest BCUT2D eigenvalue weighted by atomic mass is 16.6. The van der Waals surface area contributed by atoms with Gasteiger partial charge in [0, 0.05) is 11.1 Å². The van der Waals surface area contributed by atoms with Crippen molar-refractivity contribution in [1.82, 2.24) is 0 Å². The normalized spacial score (nSPS) is 10.6. The van der Waals surface area contributed by atoms with E-state index in [1.165, 1.54) is 7.11 Å². The van der Waals surface area contributed by atoms with Crippen LogP contribution in [-0.2, 0) is 4.84 Å². The molecular formula is C17H14N2O3. The molecule has 0 unspecified atom stereocenters. The van der Waals surface area contributed by atoms with E-state index in [2.05, 4.69) is 11.2 Å². The molecule has 5 heteroatoms. The van der Waals surface area contributed by atoms with E-state index in [-0.39, 0.29) is 6.61 Å². The maximum Gasteiger partial charge on any atom is 0.150 e. The molecule has 2 rings (SSSR count). The van der Waals surface area contributed by atoms with E-state index in [0.717, 1.165) is 11.8 Å². The summed E-state index contributed by atoms with van der Waals surface area (Å²) in [6.45, 7) is 0.209. The topological polar surface area (TPSA) is 71.7 Å². The van der Waals surface area contributed by atoms with Crippen LogP contribution in [0.25, 0.3) is 0 Å². The number of hydrogen-bond donors (Lipinski definition) is 0. The molecule has 0 heterocycles. The summed E-state index contributed by atoms with van der Waals surface area (Å²) in [6.07, 6.45) is 0.776. The monoisotopic (exact) mass is 294 g/mol. The van der Waals surface area contributed by atoms with E-state index in [0.29, 0.717) is 22.6 Å². The SMILES string of the molecule is CON=C(COc1ccc(C=O)cc1)c1ccc(C#N)cc1. The van der Waals surface area contributed by atoms with Crippen LogP contribution < -0.4 is 4.74 Å². The van der Waals surface area contributed by atoms with Crippen molar-refractivity contribution in [3.63, 3.8) is 0 Å². The first-order chi connectivity index (χ1) is 10.8. The van der Waals surface area contributed by atoms with E-state index in [9.17, 15) is 4.79 Å². The van der Waals surface area contributed by atoms with E-state index in [1.807, 2.05) is 0 Å². The van der Waals surface area contributed by atoms with Gasteiger partial charge in [-0.05, 0) is 36.4 Å². The van der Waals surface area contributed by atoms with Gasteiger partial charge in [-0.2, -0.15) is 5.26 Å². The van der Waals surface area contributed by atoms with Crippen LogP contribution in [0.2, 0.25) is 0 Å². The summed E-state index contributed by atoms with van der Waals surface area (Å²) < 4.78 is 5.64. The molecule has 2 aromatic rings. The Morgan fingerprint density at radius 3 is 2.41 bits per heavy atom. The zero-order valence-electron chi connectivity index (χ0n) is 12.0. The molecule has 0 N–H and O–H groups in total. The fraction of sp³-hybridized carbons (Fsp3) is 0.118. The first-order valence-electron chi connectivity index (χ1n) is 6.55. The van der Waals surface area contributed by atoms with Crippen LogP contribution in [0.4, 0.5) is 0 Å². The van der Waals surface area contributed by atoms with E-state index >= 15 is 0 Å². The fourth-order valence-electron chi connectivity index (χ4n) is 1.80. The Balaban J connectivity index is 2.09. The summed E-state index contributed by atoms with van der Waals surface area (Å²) in [7, 11) is 1.46. The van der Waals surface area contributed by atoms with Gasteiger partial charge >= 0.3 is 0 Å². The van der Waals surface area contributed by atoms with Crippen molar-refractivity contribution in [2.24, 2.45) is 5.16 Å². The van der Waals surface area contributed by atoms with Crippen LogP contribution in [-0.4, -0.2) is 25.7 Å². The molecule has 0 bridgehead atoms. The lowest BCUT2D eigenvalue weighted by atomic mass is 10.1.